The van der Waals surface area contributed by atoms with Crippen LogP contribution in [0.15, 0.2) is 12.1 Å². The number of rotatable bonds is 3. The molecule has 15 heavy (non-hydrogen) atoms. The average molecular weight is 209 g/mol. The lowest BCUT2D eigenvalue weighted by Gasteiger charge is -2.09. The number of anilines is 1. The predicted molar refractivity (Wildman–Crippen MR) is 54.2 cm³/mol. The van der Waals surface area contributed by atoms with E-state index >= 15 is 0 Å². The van der Waals surface area contributed by atoms with Gasteiger partial charge in [-0.2, -0.15) is 0 Å². The number of hydrogen-bond donors (Lipinski definition) is 3. The molecule has 0 spiro atoms. The molecule has 0 unspecified atom stereocenters. The maximum Gasteiger partial charge on any atom is 0.338 e. The highest BCUT2D eigenvalue weighted by Gasteiger charge is 2.20. The van der Waals surface area contributed by atoms with Crippen molar-refractivity contribution >= 4 is 17.6 Å². The van der Waals surface area contributed by atoms with Gasteiger partial charge in [0.1, 0.15) is 0 Å². The summed E-state index contributed by atoms with van der Waals surface area (Å²) in [5, 5.41) is 17.7. The molecule has 0 aliphatic heterocycles. The van der Waals surface area contributed by atoms with Crippen molar-refractivity contribution in [2.24, 2.45) is 0 Å². The first kappa shape index (κ1) is 11.0. The molecule has 0 amide bonds. The zero-order valence-electron chi connectivity index (χ0n) is 8.15. The number of aryl methyl sites for hydroxylation is 1. The van der Waals surface area contributed by atoms with Crippen LogP contribution in [0.3, 0.4) is 0 Å². The molecule has 1 aromatic rings. The SMILES string of the molecule is CCc1ccc(C(=O)O)c(C(=O)O)c1N. The maximum atomic E-state index is 10.9. The summed E-state index contributed by atoms with van der Waals surface area (Å²) in [6, 6.07) is 2.80. The van der Waals surface area contributed by atoms with E-state index in [0.717, 1.165) is 0 Å². The zero-order valence-corrected chi connectivity index (χ0v) is 8.15. The lowest BCUT2D eigenvalue weighted by Crippen LogP contribution is -2.12. The van der Waals surface area contributed by atoms with Crippen LogP contribution in [0.4, 0.5) is 5.69 Å². The van der Waals surface area contributed by atoms with Gasteiger partial charge in [-0.3, -0.25) is 0 Å². The molecular formula is C10H11NO4. The molecule has 0 saturated carbocycles. The second-order valence-electron chi connectivity index (χ2n) is 3.02. The Morgan fingerprint density at radius 1 is 1.27 bits per heavy atom. The van der Waals surface area contributed by atoms with Crippen molar-refractivity contribution in [2.45, 2.75) is 13.3 Å². The van der Waals surface area contributed by atoms with Gasteiger partial charge in [-0.1, -0.05) is 13.0 Å². The largest absolute Gasteiger partial charge is 0.478 e. The Labute approximate surface area is 86.1 Å². The summed E-state index contributed by atoms with van der Waals surface area (Å²) < 4.78 is 0. The first-order valence-electron chi connectivity index (χ1n) is 4.37. The normalized spacial score (nSPS) is 9.93. The summed E-state index contributed by atoms with van der Waals surface area (Å²) in [6.07, 6.45) is 0.562. The Hall–Kier alpha value is -2.04. The summed E-state index contributed by atoms with van der Waals surface area (Å²) in [7, 11) is 0. The molecular weight excluding hydrogens is 198 g/mol. The molecule has 80 valence electrons. The first-order valence-corrected chi connectivity index (χ1v) is 4.37. The third kappa shape index (κ3) is 1.90. The minimum Gasteiger partial charge on any atom is -0.478 e. The first-order chi connectivity index (χ1) is 6.99. The average Bonchev–Trinajstić information content (AvgIpc) is 2.16. The van der Waals surface area contributed by atoms with Crippen LogP contribution in [-0.2, 0) is 6.42 Å². The molecule has 0 heterocycles. The van der Waals surface area contributed by atoms with Crippen molar-refractivity contribution in [3.8, 4) is 0 Å². The van der Waals surface area contributed by atoms with Crippen LogP contribution in [0.2, 0.25) is 0 Å². The Morgan fingerprint density at radius 2 is 1.87 bits per heavy atom. The number of benzene rings is 1. The topological polar surface area (TPSA) is 101 Å². The van der Waals surface area contributed by atoms with Crippen molar-refractivity contribution < 1.29 is 19.8 Å². The van der Waals surface area contributed by atoms with Crippen molar-refractivity contribution in [1.82, 2.24) is 0 Å². The van der Waals surface area contributed by atoms with E-state index in [-0.39, 0.29) is 16.8 Å². The molecule has 0 aromatic heterocycles. The fraction of sp³-hybridized carbons (Fsp3) is 0.200. The Morgan fingerprint density at radius 3 is 2.27 bits per heavy atom. The summed E-state index contributed by atoms with van der Waals surface area (Å²) in [5.74, 6) is -2.61. The lowest BCUT2D eigenvalue weighted by atomic mass is 9.99. The van der Waals surface area contributed by atoms with Gasteiger partial charge in [0.05, 0.1) is 16.8 Å². The van der Waals surface area contributed by atoms with Crippen LogP contribution in [0, 0.1) is 0 Å². The molecule has 0 bridgehead atoms. The van der Waals surface area contributed by atoms with Crippen LogP contribution in [0.1, 0.15) is 33.2 Å². The fourth-order valence-corrected chi connectivity index (χ4v) is 1.38. The van der Waals surface area contributed by atoms with Crippen LogP contribution < -0.4 is 5.73 Å². The van der Waals surface area contributed by atoms with Gasteiger partial charge < -0.3 is 15.9 Å². The molecule has 1 aromatic carbocycles. The molecule has 0 radical (unpaired) electrons. The third-order valence-corrected chi connectivity index (χ3v) is 2.16. The van der Waals surface area contributed by atoms with Gasteiger partial charge in [0.15, 0.2) is 0 Å². The molecule has 1 rings (SSSR count). The van der Waals surface area contributed by atoms with Gasteiger partial charge in [0.25, 0.3) is 0 Å². The highest BCUT2D eigenvalue weighted by Crippen LogP contribution is 2.22. The van der Waals surface area contributed by atoms with Gasteiger partial charge in [-0.25, -0.2) is 9.59 Å². The van der Waals surface area contributed by atoms with E-state index in [1.807, 2.05) is 6.92 Å². The third-order valence-electron chi connectivity index (χ3n) is 2.16. The molecule has 0 aliphatic rings. The van der Waals surface area contributed by atoms with Gasteiger partial charge in [0, 0.05) is 0 Å². The summed E-state index contributed by atoms with van der Waals surface area (Å²) >= 11 is 0. The Bertz CT molecular complexity index is 426. The van der Waals surface area contributed by atoms with Crippen molar-refractivity contribution in [3.63, 3.8) is 0 Å². The van der Waals surface area contributed by atoms with Gasteiger partial charge >= 0.3 is 11.9 Å². The van der Waals surface area contributed by atoms with Gasteiger partial charge in [0.2, 0.25) is 0 Å². The number of carbonyl (C=O) groups is 2. The van der Waals surface area contributed by atoms with E-state index in [9.17, 15) is 9.59 Å². The molecule has 0 saturated heterocycles. The summed E-state index contributed by atoms with van der Waals surface area (Å²) in [5.41, 5.74) is 5.65. The van der Waals surface area contributed by atoms with Crippen LogP contribution in [0.5, 0.6) is 0 Å². The monoisotopic (exact) mass is 209 g/mol. The number of carboxylic acids is 2. The van der Waals surface area contributed by atoms with Gasteiger partial charge in [-0.15, -0.1) is 0 Å². The van der Waals surface area contributed by atoms with Crippen molar-refractivity contribution in [1.29, 1.82) is 0 Å². The fourth-order valence-electron chi connectivity index (χ4n) is 1.38. The Kier molecular flexibility index (Phi) is 2.94. The van der Waals surface area contributed by atoms with E-state index in [2.05, 4.69) is 0 Å². The molecule has 5 nitrogen and oxygen atoms in total. The smallest absolute Gasteiger partial charge is 0.338 e. The second-order valence-corrected chi connectivity index (χ2v) is 3.02. The van der Waals surface area contributed by atoms with Gasteiger partial charge in [-0.05, 0) is 18.1 Å². The second kappa shape index (κ2) is 4.00. The number of nitrogen functional groups attached to an aromatic ring is 1. The van der Waals surface area contributed by atoms with E-state index < -0.39 is 11.9 Å². The molecule has 0 fully saturated rings. The zero-order chi connectivity index (χ0) is 11.6. The summed E-state index contributed by atoms with van der Waals surface area (Å²) in [6.45, 7) is 1.82. The van der Waals surface area contributed by atoms with Crippen LogP contribution >= 0.6 is 0 Å². The lowest BCUT2D eigenvalue weighted by molar-refractivity contribution is 0.0652. The van der Waals surface area contributed by atoms with Crippen molar-refractivity contribution in [3.05, 3.63) is 28.8 Å². The predicted octanol–water partition coefficient (Wildman–Crippen LogP) is 1.23. The maximum absolute atomic E-state index is 10.9. The van der Waals surface area contributed by atoms with Crippen LogP contribution in [0.25, 0.3) is 0 Å². The molecule has 0 aliphatic carbocycles. The van der Waals surface area contributed by atoms with E-state index in [4.69, 9.17) is 15.9 Å². The molecule has 5 heteroatoms. The Balaban J connectivity index is 3.51. The number of hydrogen-bond acceptors (Lipinski definition) is 3. The minimum absolute atomic E-state index is 0.0323. The van der Waals surface area contributed by atoms with Crippen molar-refractivity contribution in [2.75, 3.05) is 5.73 Å². The number of carboxylic acid groups (broad SMARTS) is 2. The van der Waals surface area contributed by atoms with E-state index in [1.54, 1.807) is 0 Å². The highest BCUT2D eigenvalue weighted by molar-refractivity contribution is 6.05. The van der Waals surface area contributed by atoms with E-state index in [0.29, 0.717) is 12.0 Å². The highest BCUT2D eigenvalue weighted by atomic mass is 16.4. The molecule has 4 N–H and O–H groups in total. The van der Waals surface area contributed by atoms with Crippen LogP contribution in [-0.4, -0.2) is 22.2 Å². The standard InChI is InChI=1S/C10H11NO4/c1-2-5-3-4-6(9(12)13)7(8(5)11)10(14)15/h3-4H,2,11H2,1H3,(H,12,13)(H,14,15). The number of nitrogens with two attached hydrogens (primary N) is 1. The molecule has 0 atom stereocenters. The summed E-state index contributed by atoms with van der Waals surface area (Å²) in [4.78, 5) is 21.6. The minimum atomic E-state index is -1.32. The number of aromatic carboxylic acids is 2. The quantitative estimate of drug-likeness (QED) is 0.650. The van der Waals surface area contributed by atoms with E-state index in [1.165, 1.54) is 12.1 Å².